The van der Waals surface area contributed by atoms with E-state index in [4.69, 9.17) is 0 Å². The van der Waals surface area contributed by atoms with Crippen molar-refractivity contribution in [3.05, 3.63) is 40.3 Å². The van der Waals surface area contributed by atoms with Gasteiger partial charge in [0.05, 0.1) is 11.0 Å². The predicted octanol–water partition coefficient (Wildman–Crippen LogP) is 4.33. The van der Waals surface area contributed by atoms with E-state index in [1.165, 1.54) is 0 Å². The highest BCUT2D eigenvalue weighted by Crippen LogP contribution is 2.33. The van der Waals surface area contributed by atoms with E-state index in [2.05, 4.69) is 37.6 Å². The van der Waals surface area contributed by atoms with Crippen molar-refractivity contribution in [2.75, 3.05) is 0 Å². The van der Waals surface area contributed by atoms with Crippen LogP contribution in [0.3, 0.4) is 0 Å². The molecule has 29 heavy (non-hydrogen) atoms. The molecule has 0 aliphatic carbocycles. The SMILES string of the molecule is CC(C)CC(C)N1[C@H](C[C@H](C)n2c(=O)c(C(=O)O)nc3ccccc32)CC[C@@H]1C. The zero-order valence-corrected chi connectivity index (χ0v) is 18.1. The molecule has 1 N–H and O–H groups in total. The minimum Gasteiger partial charge on any atom is -0.476 e. The van der Waals surface area contributed by atoms with Crippen LogP contribution in [0.2, 0.25) is 0 Å². The van der Waals surface area contributed by atoms with Crippen LogP contribution in [0.15, 0.2) is 29.1 Å². The smallest absolute Gasteiger partial charge is 0.360 e. The molecule has 3 rings (SSSR count). The molecule has 158 valence electrons. The van der Waals surface area contributed by atoms with Gasteiger partial charge in [-0.25, -0.2) is 9.78 Å². The van der Waals surface area contributed by atoms with Gasteiger partial charge in [0.2, 0.25) is 5.69 Å². The molecule has 1 aliphatic heterocycles. The van der Waals surface area contributed by atoms with Crippen molar-refractivity contribution in [1.29, 1.82) is 0 Å². The summed E-state index contributed by atoms with van der Waals surface area (Å²) in [5.74, 6) is -0.635. The summed E-state index contributed by atoms with van der Waals surface area (Å²) in [6.07, 6.45) is 4.24. The van der Waals surface area contributed by atoms with E-state index in [1.807, 2.05) is 25.1 Å². The lowest BCUT2D eigenvalue weighted by molar-refractivity contribution is 0.0687. The van der Waals surface area contributed by atoms with Gasteiger partial charge in [0.1, 0.15) is 0 Å². The van der Waals surface area contributed by atoms with Crippen molar-refractivity contribution in [2.45, 2.75) is 84.5 Å². The quantitative estimate of drug-likeness (QED) is 0.750. The average Bonchev–Trinajstić information content (AvgIpc) is 3.00. The number of aromatic carboxylic acids is 1. The second-order valence-electron chi connectivity index (χ2n) is 9.02. The normalized spacial score (nSPS) is 22.3. The Labute approximate surface area is 172 Å². The maximum atomic E-state index is 13.0. The molecule has 1 aromatic heterocycles. The third-order valence-electron chi connectivity index (χ3n) is 6.22. The summed E-state index contributed by atoms with van der Waals surface area (Å²) < 4.78 is 1.64. The van der Waals surface area contributed by atoms with Gasteiger partial charge < -0.3 is 9.67 Å². The molecular formula is C23H33N3O3. The zero-order chi connectivity index (χ0) is 21.3. The van der Waals surface area contributed by atoms with Gasteiger partial charge in [-0.2, -0.15) is 0 Å². The largest absolute Gasteiger partial charge is 0.476 e. The molecule has 0 amide bonds. The molecule has 2 aromatic rings. The summed E-state index contributed by atoms with van der Waals surface area (Å²) in [7, 11) is 0. The second-order valence-corrected chi connectivity index (χ2v) is 9.02. The van der Waals surface area contributed by atoms with Crippen LogP contribution in [0.5, 0.6) is 0 Å². The minimum atomic E-state index is -1.27. The number of aromatic nitrogens is 2. The summed E-state index contributed by atoms with van der Waals surface area (Å²) >= 11 is 0. The number of carboxylic acid groups (broad SMARTS) is 1. The molecule has 2 heterocycles. The van der Waals surface area contributed by atoms with E-state index >= 15 is 0 Å². The van der Waals surface area contributed by atoms with Crippen molar-refractivity contribution >= 4 is 17.0 Å². The summed E-state index contributed by atoms with van der Waals surface area (Å²) in [5.41, 5.74) is 0.320. The first kappa shape index (κ1) is 21.5. The van der Waals surface area contributed by atoms with E-state index < -0.39 is 17.2 Å². The Morgan fingerprint density at radius 3 is 2.52 bits per heavy atom. The molecule has 0 saturated carbocycles. The van der Waals surface area contributed by atoms with Crippen molar-refractivity contribution in [1.82, 2.24) is 14.5 Å². The Balaban J connectivity index is 1.95. The molecule has 1 saturated heterocycles. The molecule has 4 atom stereocenters. The lowest BCUT2D eigenvalue weighted by atomic mass is 10.00. The molecule has 0 radical (unpaired) electrons. The molecule has 1 aromatic carbocycles. The molecule has 1 fully saturated rings. The first-order valence-corrected chi connectivity index (χ1v) is 10.7. The molecule has 0 bridgehead atoms. The van der Waals surface area contributed by atoms with Crippen molar-refractivity contribution in [2.24, 2.45) is 5.92 Å². The van der Waals surface area contributed by atoms with E-state index in [1.54, 1.807) is 10.6 Å². The first-order valence-electron chi connectivity index (χ1n) is 10.7. The zero-order valence-electron chi connectivity index (χ0n) is 18.1. The number of rotatable bonds is 7. The van der Waals surface area contributed by atoms with E-state index in [-0.39, 0.29) is 6.04 Å². The fourth-order valence-corrected chi connectivity index (χ4v) is 5.16. The third kappa shape index (κ3) is 4.37. The van der Waals surface area contributed by atoms with Crippen LogP contribution in [0.25, 0.3) is 11.0 Å². The van der Waals surface area contributed by atoms with Crippen molar-refractivity contribution in [3.63, 3.8) is 0 Å². The van der Waals surface area contributed by atoms with Gasteiger partial charge in [0, 0.05) is 24.2 Å². The van der Waals surface area contributed by atoms with Gasteiger partial charge in [-0.3, -0.25) is 9.69 Å². The molecular weight excluding hydrogens is 366 g/mol. The second kappa shape index (κ2) is 8.66. The van der Waals surface area contributed by atoms with Crippen LogP contribution in [0.1, 0.15) is 76.8 Å². The fraction of sp³-hybridized carbons (Fsp3) is 0.609. The minimum absolute atomic E-state index is 0.113. The van der Waals surface area contributed by atoms with Gasteiger partial charge in [-0.05, 0) is 64.5 Å². The highest BCUT2D eigenvalue weighted by molar-refractivity contribution is 5.88. The topological polar surface area (TPSA) is 75.4 Å². The van der Waals surface area contributed by atoms with Crippen LogP contribution < -0.4 is 5.56 Å². The van der Waals surface area contributed by atoms with Crippen LogP contribution in [0.4, 0.5) is 0 Å². The molecule has 6 nitrogen and oxygen atoms in total. The van der Waals surface area contributed by atoms with Crippen LogP contribution >= 0.6 is 0 Å². The van der Waals surface area contributed by atoms with Crippen LogP contribution in [-0.2, 0) is 0 Å². The van der Waals surface area contributed by atoms with Crippen molar-refractivity contribution in [3.8, 4) is 0 Å². The average molecular weight is 400 g/mol. The molecule has 0 spiro atoms. The van der Waals surface area contributed by atoms with Gasteiger partial charge in [-0.1, -0.05) is 26.0 Å². The number of para-hydroxylation sites is 2. The Bertz CT molecular complexity index is 937. The standard InChI is InChI=1S/C23H33N3O3/c1-14(2)12-16(4)25-15(3)10-11-18(25)13-17(5)26-20-9-7-6-8-19(20)24-21(22(26)27)23(28)29/h6-9,14-18H,10-13H2,1-5H3,(H,28,29)/t15-,16?,17-,18-/m0/s1. The number of carboxylic acids is 1. The van der Waals surface area contributed by atoms with Gasteiger partial charge >= 0.3 is 5.97 Å². The summed E-state index contributed by atoms with van der Waals surface area (Å²) in [5, 5.41) is 9.46. The fourth-order valence-electron chi connectivity index (χ4n) is 5.16. The molecule has 1 aliphatic rings. The van der Waals surface area contributed by atoms with Gasteiger partial charge in [0.25, 0.3) is 5.56 Å². The monoisotopic (exact) mass is 399 g/mol. The number of benzene rings is 1. The van der Waals surface area contributed by atoms with E-state index in [0.717, 1.165) is 25.7 Å². The third-order valence-corrected chi connectivity index (χ3v) is 6.22. The number of likely N-dealkylation sites (tertiary alicyclic amines) is 1. The summed E-state index contributed by atoms with van der Waals surface area (Å²) in [6.45, 7) is 11.1. The van der Waals surface area contributed by atoms with Crippen LogP contribution in [0, 0.1) is 5.92 Å². The maximum Gasteiger partial charge on any atom is 0.360 e. The number of hydrogen-bond donors (Lipinski definition) is 1. The lowest BCUT2D eigenvalue weighted by Gasteiger charge is -2.36. The number of fused-ring (bicyclic) bond motifs is 1. The summed E-state index contributed by atoms with van der Waals surface area (Å²) in [4.78, 5) is 31.3. The Morgan fingerprint density at radius 1 is 1.17 bits per heavy atom. The Kier molecular flexibility index (Phi) is 6.42. The highest BCUT2D eigenvalue weighted by Gasteiger charge is 2.35. The first-order chi connectivity index (χ1) is 13.7. The predicted molar refractivity (Wildman–Crippen MR) is 116 cm³/mol. The van der Waals surface area contributed by atoms with Gasteiger partial charge in [-0.15, -0.1) is 0 Å². The molecule has 6 heteroatoms. The number of hydrogen-bond acceptors (Lipinski definition) is 4. The van der Waals surface area contributed by atoms with Gasteiger partial charge in [0.15, 0.2) is 0 Å². The van der Waals surface area contributed by atoms with Crippen molar-refractivity contribution < 1.29 is 9.90 Å². The van der Waals surface area contributed by atoms with E-state index in [0.29, 0.717) is 35.1 Å². The number of carbonyl (C=O) groups is 1. The van der Waals surface area contributed by atoms with Crippen LogP contribution in [-0.4, -0.2) is 43.7 Å². The maximum absolute atomic E-state index is 13.0. The highest BCUT2D eigenvalue weighted by atomic mass is 16.4. The lowest BCUT2D eigenvalue weighted by Crippen LogP contribution is -2.43. The Hall–Kier alpha value is -2.21. The Morgan fingerprint density at radius 2 is 1.86 bits per heavy atom. The molecule has 1 unspecified atom stereocenters. The summed E-state index contributed by atoms with van der Waals surface area (Å²) in [6, 6.07) is 8.59. The number of nitrogens with zero attached hydrogens (tertiary/aromatic N) is 3. The van der Waals surface area contributed by atoms with E-state index in [9.17, 15) is 14.7 Å².